The lowest BCUT2D eigenvalue weighted by Gasteiger charge is -2.36. The molecular weight excluding hydrogens is 254 g/mol. The van der Waals surface area contributed by atoms with Gasteiger partial charge < -0.3 is 4.42 Å². The van der Waals surface area contributed by atoms with Gasteiger partial charge in [0.15, 0.2) is 12.0 Å². The summed E-state index contributed by atoms with van der Waals surface area (Å²) in [5.41, 5.74) is -0.0224. The molecule has 1 fully saturated rings. The van der Waals surface area contributed by atoms with Crippen molar-refractivity contribution < 1.29 is 17.6 Å². The van der Waals surface area contributed by atoms with Gasteiger partial charge in [-0.3, -0.25) is 4.79 Å². The largest absolute Gasteiger partial charge is 0.440 e. The molecule has 1 saturated heterocycles. The predicted molar refractivity (Wildman–Crippen MR) is 65.9 cm³/mol. The summed E-state index contributed by atoms with van der Waals surface area (Å²) in [6.45, 7) is 5.08. The molecule has 2 rings (SSSR count). The number of rotatable bonds is 3. The zero-order valence-electron chi connectivity index (χ0n) is 10.5. The molecule has 0 amide bonds. The number of hydrogen-bond donors (Lipinski definition) is 0. The molecule has 0 spiro atoms. The summed E-state index contributed by atoms with van der Waals surface area (Å²) >= 11 is 0. The van der Waals surface area contributed by atoms with Crippen LogP contribution in [-0.4, -0.2) is 32.1 Å². The summed E-state index contributed by atoms with van der Waals surface area (Å²) < 4.78 is 31.1. The molecule has 6 heteroatoms. The van der Waals surface area contributed by atoms with Gasteiger partial charge in [-0.05, 0) is 30.4 Å². The zero-order valence-corrected chi connectivity index (χ0v) is 11.4. The summed E-state index contributed by atoms with van der Waals surface area (Å²) in [6, 6.07) is 2.70. The molecule has 2 heterocycles. The molecule has 1 aromatic heterocycles. The van der Waals surface area contributed by atoms with Crippen molar-refractivity contribution in [1.29, 1.82) is 0 Å². The van der Waals surface area contributed by atoms with E-state index in [0.29, 0.717) is 19.4 Å². The van der Waals surface area contributed by atoms with E-state index in [2.05, 4.69) is 0 Å². The van der Waals surface area contributed by atoms with Gasteiger partial charge in [0.05, 0.1) is 0 Å². The van der Waals surface area contributed by atoms with Crippen LogP contribution in [-0.2, 0) is 10.0 Å². The van der Waals surface area contributed by atoms with Crippen LogP contribution in [0.1, 0.15) is 37.2 Å². The van der Waals surface area contributed by atoms with Gasteiger partial charge in [0.1, 0.15) is 0 Å². The molecule has 0 saturated carbocycles. The molecule has 0 unspecified atom stereocenters. The zero-order chi connectivity index (χ0) is 13.4. The maximum atomic E-state index is 12.3. The highest BCUT2D eigenvalue weighted by molar-refractivity contribution is 7.89. The van der Waals surface area contributed by atoms with E-state index in [1.54, 1.807) is 0 Å². The number of aldehydes is 1. The van der Waals surface area contributed by atoms with Gasteiger partial charge in [0, 0.05) is 13.1 Å². The van der Waals surface area contributed by atoms with Crippen LogP contribution in [0.25, 0.3) is 0 Å². The number of furan rings is 1. The van der Waals surface area contributed by atoms with Gasteiger partial charge in [0.2, 0.25) is 5.09 Å². The fourth-order valence-corrected chi connectivity index (χ4v) is 3.82. The Morgan fingerprint density at radius 3 is 2.67 bits per heavy atom. The Balaban J connectivity index is 2.28. The highest BCUT2D eigenvalue weighted by Gasteiger charge is 2.35. The van der Waals surface area contributed by atoms with E-state index in [1.165, 1.54) is 16.4 Å². The van der Waals surface area contributed by atoms with E-state index >= 15 is 0 Å². The first-order valence-corrected chi connectivity index (χ1v) is 7.34. The van der Waals surface area contributed by atoms with Crippen LogP contribution in [0.3, 0.4) is 0 Å². The summed E-state index contributed by atoms with van der Waals surface area (Å²) in [7, 11) is -3.61. The second-order valence-electron chi connectivity index (χ2n) is 5.38. The molecule has 0 N–H and O–H groups in total. The third kappa shape index (κ3) is 2.49. The Morgan fingerprint density at radius 2 is 2.11 bits per heavy atom. The molecule has 0 aromatic carbocycles. The van der Waals surface area contributed by atoms with Gasteiger partial charge in [-0.2, -0.15) is 4.31 Å². The average molecular weight is 271 g/mol. The van der Waals surface area contributed by atoms with Crippen molar-refractivity contribution in [3.8, 4) is 0 Å². The maximum Gasteiger partial charge on any atom is 0.276 e. The summed E-state index contributed by atoms with van der Waals surface area (Å²) in [5, 5.41) is -0.151. The van der Waals surface area contributed by atoms with E-state index in [0.717, 1.165) is 12.8 Å². The molecule has 0 bridgehead atoms. The topological polar surface area (TPSA) is 67.6 Å². The highest BCUT2D eigenvalue weighted by atomic mass is 32.2. The van der Waals surface area contributed by atoms with Gasteiger partial charge in [-0.1, -0.05) is 13.8 Å². The monoisotopic (exact) mass is 271 g/mol. The average Bonchev–Trinajstić information content (AvgIpc) is 2.76. The minimum Gasteiger partial charge on any atom is -0.440 e. The van der Waals surface area contributed by atoms with E-state index in [1.807, 2.05) is 13.8 Å². The lowest BCUT2D eigenvalue weighted by Crippen LogP contribution is -2.43. The smallest absolute Gasteiger partial charge is 0.276 e. The van der Waals surface area contributed by atoms with E-state index in [-0.39, 0.29) is 16.3 Å². The van der Waals surface area contributed by atoms with Crippen LogP contribution < -0.4 is 0 Å². The summed E-state index contributed by atoms with van der Waals surface area (Å²) in [5.74, 6) is 0.0323. The fourth-order valence-electron chi connectivity index (χ4n) is 2.24. The second-order valence-corrected chi connectivity index (χ2v) is 7.25. The fraction of sp³-hybridized carbons (Fsp3) is 0.583. The number of hydrogen-bond acceptors (Lipinski definition) is 4. The number of carbonyl (C=O) groups is 1. The lowest BCUT2D eigenvalue weighted by atomic mass is 9.85. The number of nitrogens with zero attached hydrogens (tertiary/aromatic N) is 1. The maximum absolute atomic E-state index is 12.3. The molecular formula is C12H17NO4S. The molecule has 1 aromatic rings. The standard InChI is InChI=1S/C12H17NO4S/c1-12(2)6-3-7-13(9-12)18(15,16)11-5-4-10(8-14)17-11/h4-5,8H,3,6-7,9H2,1-2H3. The van der Waals surface area contributed by atoms with Crippen LogP contribution in [0.15, 0.2) is 21.6 Å². The Bertz CT molecular complexity index is 544. The number of carbonyl (C=O) groups excluding carboxylic acids is 1. The minimum absolute atomic E-state index is 0.0224. The van der Waals surface area contributed by atoms with Crippen LogP contribution in [0.2, 0.25) is 0 Å². The third-order valence-electron chi connectivity index (χ3n) is 3.18. The third-order valence-corrected chi connectivity index (χ3v) is 4.90. The molecule has 5 nitrogen and oxygen atoms in total. The van der Waals surface area contributed by atoms with Crippen molar-refractivity contribution in [3.63, 3.8) is 0 Å². The Hall–Kier alpha value is -1.14. The van der Waals surface area contributed by atoms with Crippen LogP contribution in [0, 0.1) is 5.41 Å². The van der Waals surface area contributed by atoms with E-state index in [4.69, 9.17) is 4.42 Å². The predicted octanol–water partition coefficient (Wildman–Crippen LogP) is 1.90. The highest BCUT2D eigenvalue weighted by Crippen LogP contribution is 2.32. The van der Waals surface area contributed by atoms with Crippen LogP contribution in [0.4, 0.5) is 0 Å². The van der Waals surface area contributed by atoms with Gasteiger partial charge in [-0.25, -0.2) is 8.42 Å². The molecule has 0 atom stereocenters. The molecule has 0 radical (unpaired) electrons. The molecule has 1 aliphatic heterocycles. The quantitative estimate of drug-likeness (QED) is 0.787. The van der Waals surface area contributed by atoms with Crippen molar-refractivity contribution in [1.82, 2.24) is 4.31 Å². The molecule has 0 aliphatic carbocycles. The number of piperidine rings is 1. The van der Waals surface area contributed by atoms with Crippen molar-refractivity contribution >= 4 is 16.3 Å². The number of sulfonamides is 1. The first kappa shape index (κ1) is 13.3. The van der Waals surface area contributed by atoms with Crippen molar-refractivity contribution in [2.45, 2.75) is 31.8 Å². The minimum atomic E-state index is -3.61. The molecule has 18 heavy (non-hydrogen) atoms. The van der Waals surface area contributed by atoms with Crippen molar-refractivity contribution in [2.24, 2.45) is 5.41 Å². The summed E-state index contributed by atoms with van der Waals surface area (Å²) in [6.07, 6.45) is 2.35. The van der Waals surface area contributed by atoms with Gasteiger partial charge in [0.25, 0.3) is 10.0 Å². The van der Waals surface area contributed by atoms with Crippen LogP contribution in [0.5, 0.6) is 0 Å². The second kappa shape index (κ2) is 4.51. The first-order valence-electron chi connectivity index (χ1n) is 5.90. The summed E-state index contributed by atoms with van der Waals surface area (Å²) in [4.78, 5) is 10.5. The SMILES string of the molecule is CC1(C)CCCN(S(=O)(=O)c2ccc(C=O)o2)C1. The van der Waals surface area contributed by atoms with E-state index < -0.39 is 10.0 Å². The Labute approximate surface area is 107 Å². The van der Waals surface area contributed by atoms with Crippen LogP contribution >= 0.6 is 0 Å². The van der Waals surface area contributed by atoms with Crippen molar-refractivity contribution in [2.75, 3.05) is 13.1 Å². The van der Waals surface area contributed by atoms with E-state index in [9.17, 15) is 13.2 Å². The normalized spacial score (nSPS) is 20.8. The first-order chi connectivity index (χ1) is 8.35. The Kier molecular flexibility index (Phi) is 3.33. The molecule has 100 valence electrons. The van der Waals surface area contributed by atoms with Gasteiger partial charge >= 0.3 is 0 Å². The van der Waals surface area contributed by atoms with Gasteiger partial charge in [-0.15, -0.1) is 0 Å². The Morgan fingerprint density at radius 1 is 1.39 bits per heavy atom. The van der Waals surface area contributed by atoms with Crippen molar-refractivity contribution in [3.05, 3.63) is 17.9 Å². The lowest BCUT2D eigenvalue weighted by molar-refractivity contribution is 0.109. The molecule has 1 aliphatic rings.